The molecular formula is C20H20N4O3S. The van der Waals surface area contributed by atoms with Crippen LogP contribution in [0.4, 0.5) is 11.4 Å². The van der Waals surface area contributed by atoms with Crippen molar-refractivity contribution in [2.24, 2.45) is 0 Å². The highest BCUT2D eigenvalue weighted by atomic mass is 32.1. The van der Waals surface area contributed by atoms with E-state index in [1.807, 2.05) is 24.4 Å². The molecule has 28 heavy (non-hydrogen) atoms. The fourth-order valence-electron chi connectivity index (χ4n) is 2.80. The standard InChI is InChI=1S/C20H20N4O3S/c1-13-23-19(12-28-13)15-5-3-14(4-6-15)9-10-22-18-8-7-16(24(26)27)11-17(18)20(25)21-2/h3-8,11-12,22H,9-10H2,1-2H3,(H,21,25). The van der Waals surface area contributed by atoms with Gasteiger partial charge in [0.05, 0.1) is 21.2 Å². The highest BCUT2D eigenvalue weighted by Gasteiger charge is 2.15. The van der Waals surface area contributed by atoms with E-state index in [2.05, 4.69) is 27.8 Å². The molecule has 1 aromatic heterocycles. The second-order valence-corrected chi connectivity index (χ2v) is 7.25. The van der Waals surface area contributed by atoms with Crippen molar-refractivity contribution < 1.29 is 9.72 Å². The summed E-state index contributed by atoms with van der Waals surface area (Å²) in [6.07, 6.45) is 0.751. The molecule has 0 aliphatic rings. The quantitative estimate of drug-likeness (QED) is 0.464. The zero-order valence-corrected chi connectivity index (χ0v) is 16.4. The molecule has 0 radical (unpaired) electrons. The maximum atomic E-state index is 12.0. The molecule has 0 saturated carbocycles. The summed E-state index contributed by atoms with van der Waals surface area (Å²) in [6.45, 7) is 2.58. The van der Waals surface area contributed by atoms with Crippen molar-refractivity contribution >= 4 is 28.6 Å². The fraction of sp³-hybridized carbons (Fsp3) is 0.200. The second-order valence-electron chi connectivity index (χ2n) is 6.19. The number of hydrogen-bond donors (Lipinski definition) is 2. The third-order valence-electron chi connectivity index (χ3n) is 4.28. The number of nitrogens with zero attached hydrogens (tertiary/aromatic N) is 2. The number of thiazole rings is 1. The molecule has 2 N–H and O–H groups in total. The summed E-state index contributed by atoms with van der Waals surface area (Å²) in [5, 5.41) is 19.7. The van der Waals surface area contributed by atoms with Gasteiger partial charge in [0.1, 0.15) is 0 Å². The molecule has 0 aliphatic heterocycles. The van der Waals surface area contributed by atoms with Crippen LogP contribution in [-0.4, -0.2) is 29.4 Å². The number of anilines is 1. The van der Waals surface area contributed by atoms with Gasteiger partial charge < -0.3 is 10.6 Å². The minimum absolute atomic E-state index is 0.114. The van der Waals surface area contributed by atoms with Crippen LogP contribution in [0.5, 0.6) is 0 Å². The van der Waals surface area contributed by atoms with Gasteiger partial charge in [0.15, 0.2) is 0 Å². The summed E-state index contributed by atoms with van der Waals surface area (Å²) >= 11 is 1.63. The number of nitrogens with one attached hydrogen (secondary N) is 2. The summed E-state index contributed by atoms with van der Waals surface area (Å²) in [5.74, 6) is -0.367. The number of non-ortho nitro benzene ring substituents is 1. The Morgan fingerprint density at radius 2 is 1.96 bits per heavy atom. The molecule has 0 spiro atoms. The average molecular weight is 396 g/mol. The number of nitro groups is 1. The first-order valence-corrected chi connectivity index (χ1v) is 9.61. The van der Waals surface area contributed by atoms with Crippen molar-refractivity contribution in [1.82, 2.24) is 10.3 Å². The van der Waals surface area contributed by atoms with Crippen LogP contribution < -0.4 is 10.6 Å². The Morgan fingerprint density at radius 1 is 1.21 bits per heavy atom. The molecule has 0 atom stereocenters. The van der Waals surface area contributed by atoms with E-state index in [4.69, 9.17) is 0 Å². The summed E-state index contributed by atoms with van der Waals surface area (Å²) in [5.41, 5.74) is 3.92. The fourth-order valence-corrected chi connectivity index (χ4v) is 3.42. The lowest BCUT2D eigenvalue weighted by atomic mass is 10.1. The number of rotatable bonds is 7. The van der Waals surface area contributed by atoms with Gasteiger partial charge in [-0.15, -0.1) is 11.3 Å². The molecule has 0 fully saturated rings. The number of carbonyl (C=O) groups excluding carboxylic acids is 1. The van der Waals surface area contributed by atoms with Gasteiger partial charge in [0.2, 0.25) is 0 Å². The number of aryl methyl sites for hydroxylation is 1. The van der Waals surface area contributed by atoms with Gasteiger partial charge in [-0.2, -0.15) is 0 Å². The monoisotopic (exact) mass is 396 g/mol. The number of aromatic nitrogens is 1. The third kappa shape index (κ3) is 4.52. The SMILES string of the molecule is CNC(=O)c1cc([N+](=O)[O-])ccc1NCCc1ccc(-c2csc(C)n2)cc1. The molecule has 0 unspecified atom stereocenters. The van der Waals surface area contributed by atoms with Crippen molar-refractivity contribution in [3.8, 4) is 11.3 Å². The minimum atomic E-state index is -0.512. The zero-order chi connectivity index (χ0) is 20.1. The molecule has 3 aromatic rings. The largest absolute Gasteiger partial charge is 0.384 e. The zero-order valence-electron chi connectivity index (χ0n) is 15.6. The Balaban J connectivity index is 1.66. The van der Waals surface area contributed by atoms with E-state index in [9.17, 15) is 14.9 Å². The van der Waals surface area contributed by atoms with Crippen molar-refractivity contribution in [2.75, 3.05) is 18.9 Å². The molecule has 2 aromatic carbocycles. The maximum Gasteiger partial charge on any atom is 0.270 e. The Labute approximate surface area is 166 Å². The van der Waals surface area contributed by atoms with Gasteiger partial charge in [-0.25, -0.2) is 4.98 Å². The van der Waals surface area contributed by atoms with Gasteiger partial charge in [0.25, 0.3) is 11.6 Å². The Kier molecular flexibility index (Phi) is 6.00. The Morgan fingerprint density at radius 3 is 2.57 bits per heavy atom. The molecule has 144 valence electrons. The van der Waals surface area contributed by atoms with Crippen LogP contribution in [0.3, 0.4) is 0 Å². The van der Waals surface area contributed by atoms with Gasteiger partial charge in [0, 0.05) is 42.4 Å². The lowest BCUT2D eigenvalue weighted by molar-refractivity contribution is -0.384. The van der Waals surface area contributed by atoms with Gasteiger partial charge >= 0.3 is 0 Å². The van der Waals surface area contributed by atoms with Crippen LogP contribution in [-0.2, 0) is 6.42 Å². The molecule has 0 bridgehead atoms. The number of hydrogen-bond acceptors (Lipinski definition) is 6. The van der Waals surface area contributed by atoms with E-state index in [1.54, 1.807) is 17.4 Å². The maximum absolute atomic E-state index is 12.0. The summed E-state index contributed by atoms with van der Waals surface area (Å²) < 4.78 is 0. The van der Waals surface area contributed by atoms with Crippen LogP contribution in [0.1, 0.15) is 20.9 Å². The van der Waals surface area contributed by atoms with Gasteiger partial charge in [-0.3, -0.25) is 14.9 Å². The molecule has 1 amide bonds. The topological polar surface area (TPSA) is 97.2 Å². The van der Waals surface area contributed by atoms with E-state index in [-0.39, 0.29) is 17.2 Å². The summed E-state index contributed by atoms with van der Waals surface area (Å²) in [4.78, 5) is 27.0. The lowest BCUT2D eigenvalue weighted by Gasteiger charge is -2.11. The lowest BCUT2D eigenvalue weighted by Crippen LogP contribution is -2.20. The van der Waals surface area contributed by atoms with Crippen molar-refractivity contribution in [3.05, 3.63) is 74.1 Å². The van der Waals surface area contributed by atoms with Crippen molar-refractivity contribution in [1.29, 1.82) is 0 Å². The summed E-state index contributed by atoms with van der Waals surface area (Å²) in [7, 11) is 1.50. The normalized spacial score (nSPS) is 10.5. The number of benzene rings is 2. The number of amides is 1. The first kappa shape index (κ1) is 19.5. The summed E-state index contributed by atoms with van der Waals surface area (Å²) in [6, 6.07) is 12.4. The van der Waals surface area contributed by atoms with E-state index in [1.165, 1.54) is 19.2 Å². The van der Waals surface area contributed by atoms with Gasteiger partial charge in [-0.1, -0.05) is 24.3 Å². The first-order valence-electron chi connectivity index (χ1n) is 8.74. The number of carbonyl (C=O) groups is 1. The van der Waals surface area contributed by atoms with Crippen LogP contribution >= 0.6 is 11.3 Å². The van der Waals surface area contributed by atoms with E-state index >= 15 is 0 Å². The smallest absolute Gasteiger partial charge is 0.270 e. The van der Waals surface area contributed by atoms with E-state index in [0.717, 1.165) is 28.2 Å². The van der Waals surface area contributed by atoms with Crippen LogP contribution in [0.2, 0.25) is 0 Å². The molecule has 8 heteroatoms. The molecule has 1 heterocycles. The third-order valence-corrected chi connectivity index (χ3v) is 5.06. The van der Waals surface area contributed by atoms with Crippen LogP contribution in [0, 0.1) is 17.0 Å². The average Bonchev–Trinajstić information content (AvgIpc) is 3.14. The van der Waals surface area contributed by atoms with Crippen molar-refractivity contribution in [3.63, 3.8) is 0 Å². The Hall–Kier alpha value is -3.26. The Bertz CT molecular complexity index is 999. The highest BCUT2D eigenvalue weighted by molar-refractivity contribution is 7.09. The van der Waals surface area contributed by atoms with Crippen LogP contribution in [0.15, 0.2) is 47.8 Å². The number of nitro benzene ring substituents is 1. The van der Waals surface area contributed by atoms with Gasteiger partial charge in [-0.05, 0) is 25.0 Å². The molecule has 7 nitrogen and oxygen atoms in total. The van der Waals surface area contributed by atoms with E-state index < -0.39 is 4.92 Å². The molecule has 3 rings (SSSR count). The highest BCUT2D eigenvalue weighted by Crippen LogP contribution is 2.23. The van der Waals surface area contributed by atoms with E-state index in [0.29, 0.717) is 12.2 Å². The predicted molar refractivity (Wildman–Crippen MR) is 111 cm³/mol. The van der Waals surface area contributed by atoms with Crippen molar-refractivity contribution in [2.45, 2.75) is 13.3 Å². The minimum Gasteiger partial charge on any atom is -0.384 e. The second kappa shape index (κ2) is 8.62. The van der Waals surface area contributed by atoms with Crippen LogP contribution in [0.25, 0.3) is 11.3 Å². The molecular weight excluding hydrogens is 376 g/mol. The molecule has 0 aliphatic carbocycles. The first-order chi connectivity index (χ1) is 13.5. The predicted octanol–water partition coefficient (Wildman–Crippen LogP) is 4.04. The molecule has 0 saturated heterocycles.